The van der Waals surface area contributed by atoms with Crippen LogP contribution in [0.4, 0.5) is 17.6 Å². The highest BCUT2D eigenvalue weighted by molar-refractivity contribution is 5.83. The molecule has 11 heteroatoms. The zero-order valence-electron chi connectivity index (χ0n) is 12.6. The van der Waals surface area contributed by atoms with Crippen molar-refractivity contribution in [2.75, 3.05) is 6.54 Å². The number of rotatable bonds is 5. The summed E-state index contributed by atoms with van der Waals surface area (Å²) in [5.74, 6) is -4.16. The normalized spacial score (nSPS) is 12.4. The smallest absolute Gasteiger partial charge is 0.480 e. The number of aromatic nitrogens is 1. The van der Waals surface area contributed by atoms with Crippen molar-refractivity contribution in [3.63, 3.8) is 0 Å². The fourth-order valence-electron chi connectivity index (χ4n) is 1.79. The maximum Gasteiger partial charge on any atom is 0.490 e. The van der Waals surface area contributed by atoms with E-state index in [1.54, 1.807) is 18.3 Å². The van der Waals surface area contributed by atoms with Crippen LogP contribution in [0.5, 0.6) is 0 Å². The van der Waals surface area contributed by atoms with Gasteiger partial charge in [0.15, 0.2) is 0 Å². The summed E-state index contributed by atoms with van der Waals surface area (Å²) in [6.07, 6.45) is -3.35. The van der Waals surface area contributed by atoms with Crippen LogP contribution in [0.25, 0.3) is 10.9 Å². The second-order valence-electron chi connectivity index (χ2n) is 4.84. The van der Waals surface area contributed by atoms with Gasteiger partial charge in [0, 0.05) is 35.8 Å². The first kappa shape index (κ1) is 20.4. The molecule has 25 heavy (non-hydrogen) atoms. The third kappa shape index (κ3) is 6.04. The molecule has 138 valence electrons. The number of carbonyl (C=O) groups is 2. The Morgan fingerprint density at radius 1 is 1.24 bits per heavy atom. The van der Waals surface area contributed by atoms with Crippen LogP contribution in [0.1, 0.15) is 5.56 Å². The summed E-state index contributed by atoms with van der Waals surface area (Å²) < 4.78 is 45.4. The summed E-state index contributed by atoms with van der Waals surface area (Å²) in [6.45, 7) is 0.331. The van der Waals surface area contributed by atoms with Crippen molar-refractivity contribution >= 4 is 22.8 Å². The van der Waals surface area contributed by atoms with Crippen molar-refractivity contribution in [1.82, 2.24) is 10.3 Å². The molecule has 0 saturated heterocycles. The molecule has 1 aromatic heterocycles. The highest BCUT2D eigenvalue weighted by atomic mass is 19.4. The number of halogens is 4. The van der Waals surface area contributed by atoms with Crippen LogP contribution >= 0.6 is 0 Å². The molecule has 1 aromatic carbocycles. The number of carboxylic acids is 2. The third-order valence-corrected chi connectivity index (χ3v) is 3.01. The van der Waals surface area contributed by atoms with E-state index in [1.165, 1.54) is 6.07 Å². The van der Waals surface area contributed by atoms with Crippen molar-refractivity contribution in [1.29, 1.82) is 0 Å². The number of carboxylic acid groups (broad SMARTS) is 2. The quantitative estimate of drug-likeness (QED) is 0.510. The Balaban J connectivity index is 0.000000381. The molecule has 0 amide bonds. The number of H-pyrrole nitrogens is 1. The van der Waals surface area contributed by atoms with Crippen LogP contribution in [0.2, 0.25) is 0 Å². The van der Waals surface area contributed by atoms with Gasteiger partial charge in [0.2, 0.25) is 0 Å². The van der Waals surface area contributed by atoms with Crippen molar-refractivity contribution in [3.8, 4) is 0 Å². The van der Waals surface area contributed by atoms with E-state index in [0.29, 0.717) is 5.56 Å². The van der Waals surface area contributed by atoms with Gasteiger partial charge in [0.05, 0.1) is 0 Å². The van der Waals surface area contributed by atoms with E-state index < -0.39 is 24.2 Å². The van der Waals surface area contributed by atoms with Gasteiger partial charge in [0.1, 0.15) is 11.9 Å². The number of aliphatic carboxylic acids is 2. The zero-order chi connectivity index (χ0) is 19.2. The van der Waals surface area contributed by atoms with Crippen LogP contribution in [-0.4, -0.2) is 45.9 Å². The molecule has 0 fully saturated rings. The maximum atomic E-state index is 13.7. The summed E-state index contributed by atoms with van der Waals surface area (Å²) in [6, 6.07) is 3.84. The Morgan fingerprint density at radius 2 is 1.84 bits per heavy atom. The van der Waals surface area contributed by atoms with E-state index in [-0.39, 0.29) is 18.9 Å². The average Bonchev–Trinajstić information content (AvgIpc) is 2.97. The number of nitrogens with one attached hydrogen (secondary N) is 2. The highest BCUT2D eigenvalue weighted by Gasteiger charge is 2.38. The molecule has 0 bridgehead atoms. The molecule has 0 unspecified atom stereocenters. The molecule has 6 N–H and O–H groups in total. The number of aromatic amines is 1. The average molecular weight is 365 g/mol. The van der Waals surface area contributed by atoms with Gasteiger partial charge in [-0.25, -0.2) is 9.18 Å². The van der Waals surface area contributed by atoms with Crippen LogP contribution in [0.3, 0.4) is 0 Å². The molecule has 0 aliphatic heterocycles. The molecule has 0 aliphatic rings. The summed E-state index contributed by atoms with van der Waals surface area (Å²) >= 11 is 0. The molecule has 0 radical (unpaired) electrons. The summed E-state index contributed by atoms with van der Waals surface area (Å²) in [4.78, 5) is 22.4. The number of fused-ring (bicyclic) bond motifs is 1. The fourth-order valence-corrected chi connectivity index (χ4v) is 1.79. The number of alkyl halides is 3. The minimum Gasteiger partial charge on any atom is -0.480 e. The molecular formula is C14H15F4N3O4. The van der Waals surface area contributed by atoms with Gasteiger partial charge in [-0.15, -0.1) is 0 Å². The number of nitrogens with two attached hydrogens (primary N) is 1. The van der Waals surface area contributed by atoms with Gasteiger partial charge in [-0.3, -0.25) is 4.79 Å². The second-order valence-corrected chi connectivity index (χ2v) is 4.84. The van der Waals surface area contributed by atoms with Gasteiger partial charge < -0.3 is 26.2 Å². The summed E-state index contributed by atoms with van der Waals surface area (Å²) in [7, 11) is 0. The minimum atomic E-state index is -5.08. The molecule has 1 atom stereocenters. The largest absolute Gasteiger partial charge is 0.490 e. The topological polar surface area (TPSA) is 128 Å². The first-order valence-corrected chi connectivity index (χ1v) is 6.77. The molecular weight excluding hydrogens is 350 g/mol. The zero-order valence-corrected chi connectivity index (χ0v) is 12.6. The van der Waals surface area contributed by atoms with E-state index in [2.05, 4.69) is 10.3 Å². The van der Waals surface area contributed by atoms with E-state index in [0.717, 1.165) is 10.9 Å². The lowest BCUT2D eigenvalue weighted by molar-refractivity contribution is -0.192. The van der Waals surface area contributed by atoms with Gasteiger partial charge >= 0.3 is 18.1 Å². The Kier molecular flexibility index (Phi) is 6.88. The molecule has 1 heterocycles. The van der Waals surface area contributed by atoms with Crippen molar-refractivity contribution < 1.29 is 37.4 Å². The van der Waals surface area contributed by atoms with Crippen molar-refractivity contribution in [2.45, 2.75) is 18.8 Å². The lowest BCUT2D eigenvalue weighted by Gasteiger charge is -2.10. The summed E-state index contributed by atoms with van der Waals surface area (Å²) in [5, 5.41) is 19.4. The molecule has 0 saturated carbocycles. The maximum absolute atomic E-state index is 13.7. The Hall–Kier alpha value is -2.66. The van der Waals surface area contributed by atoms with E-state index >= 15 is 0 Å². The minimum absolute atomic E-state index is 0.0928. The number of hydrogen-bond acceptors (Lipinski definition) is 4. The SMILES string of the molecule is N[C@H](CNCc1c(F)ccc2[nH]ccc12)C(=O)O.O=C(O)C(F)(F)F. The predicted molar refractivity (Wildman–Crippen MR) is 79.3 cm³/mol. The Labute approximate surface area is 138 Å². The van der Waals surface area contributed by atoms with Crippen LogP contribution < -0.4 is 11.1 Å². The summed E-state index contributed by atoms with van der Waals surface area (Å²) in [5.41, 5.74) is 6.70. The van der Waals surface area contributed by atoms with E-state index in [4.69, 9.17) is 20.7 Å². The lowest BCUT2D eigenvalue weighted by Crippen LogP contribution is -2.40. The van der Waals surface area contributed by atoms with Gasteiger partial charge in [-0.05, 0) is 18.2 Å². The lowest BCUT2D eigenvalue weighted by atomic mass is 10.1. The molecule has 2 aromatic rings. The first-order valence-electron chi connectivity index (χ1n) is 6.77. The van der Waals surface area contributed by atoms with Gasteiger partial charge in [-0.1, -0.05) is 0 Å². The van der Waals surface area contributed by atoms with Crippen molar-refractivity contribution in [3.05, 3.63) is 35.8 Å². The third-order valence-electron chi connectivity index (χ3n) is 3.01. The molecule has 7 nitrogen and oxygen atoms in total. The van der Waals surface area contributed by atoms with Crippen LogP contribution in [0, 0.1) is 5.82 Å². The predicted octanol–water partition coefficient (Wildman–Crippen LogP) is 1.44. The Bertz CT molecular complexity index is 745. The fraction of sp³-hybridized carbons (Fsp3) is 0.286. The van der Waals surface area contributed by atoms with Crippen LogP contribution in [-0.2, 0) is 16.1 Å². The van der Waals surface area contributed by atoms with Crippen LogP contribution in [0.15, 0.2) is 24.4 Å². The monoisotopic (exact) mass is 365 g/mol. The molecule has 2 rings (SSSR count). The number of benzene rings is 1. The van der Waals surface area contributed by atoms with E-state index in [1.807, 2.05) is 0 Å². The first-order chi connectivity index (χ1) is 11.5. The van der Waals surface area contributed by atoms with Gasteiger partial charge in [0.25, 0.3) is 0 Å². The van der Waals surface area contributed by atoms with Gasteiger partial charge in [-0.2, -0.15) is 13.2 Å². The Morgan fingerprint density at radius 3 is 2.36 bits per heavy atom. The molecule has 0 spiro atoms. The second kappa shape index (κ2) is 8.44. The molecule has 0 aliphatic carbocycles. The number of hydrogen-bond donors (Lipinski definition) is 5. The highest BCUT2D eigenvalue weighted by Crippen LogP contribution is 2.20. The van der Waals surface area contributed by atoms with Crippen molar-refractivity contribution in [2.24, 2.45) is 5.73 Å². The van der Waals surface area contributed by atoms with E-state index in [9.17, 15) is 22.4 Å². The standard InChI is InChI=1S/C12H14FN3O2.C2HF3O2/c13-9-1-2-11-7(3-4-16-11)8(9)5-15-6-10(14)12(17)18;3-2(4,5)1(6)7/h1-4,10,15-16H,5-6,14H2,(H,17,18);(H,6,7)/t10-;/m1./s1.